The van der Waals surface area contributed by atoms with Gasteiger partial charge >= 0.3 is 0 Å². The Morgan fingerprint density at radius 1 is 1.26 bits per heavy atom. The van der Waals surface area contributed by atoms with E-state index in [1.54, 1.807) is 12.1 Å². The van der Waals surface area contributed by atoms with Gasteiger partial charge in [0.15, 0.2) is 0 Å². The Morgan fingerprint density at radius 3 is 2.68 bits per heavy atom. The minimum atomic E-state index is 0.132. The summed E-state index contributed by atoms with van der Waals surface area (Å²) >= 11 is 3.46. The Morgan fingerprint density at radius 2 is 2.05 bits per heavy atom. The third-order valence-electron chi connectivity index (χ3n) is 2.90. The fourth-order valence-electron chi connectivity index (χ4n) is 1.86. The molecule has 2 aromatic rings. The number of hydrogen-bond acceptors (Lipinski definition) is 3. The molecule has 0 saturated carbocycles. The lowest BCUT2D eigenvalue weighted by Gasteiger charge is -2.17. The van der Waals surface area contributed by atoms with Crippen LogP contribution in [0.5, 0.6) is 0 Å². The predicted octanol–water partition coefficient (Wildman–Crippen LogP) is 4.08. The van der Waals surface area contributed by atoms with E-state index in [1.807, 2.05) is 18.2 Å². The highest BCUT2D eigenvalue weighted by Crippen LogP contribution is 2.26. The largest absolute Gasteiger partial charge is 0.397 e. The highest BCUT2D eigenvalue weighted by atomic mass is 79.9. The number of nitrogens with zero attached hydrogens (tertiary/aromatic N) is 1. The fourth-order valence-corrected chi connectivity index (χ4v) is 2.27. The van der Waals surface area contributed by atoms with Crippen molar-refractivity contribution in [2.45, 2.75) is 13.0 Å². The van der Waals surface area contributed by atoms with E-state index >= 15 is 0 Å². The number of hydrogen-bond donors (Lipinski definition) is 2. The van der Waals surface area contributed by atoms with E-state index in [0.717, 1.165) is 15.7 Å². The molecule has 3 nitrogen and oxygen atoms in total. The second-order valence-electron chi connectivity index (χ2n) is 4.33. The van der Waals surface area contributed by atoms with Gasteiger partial charge in [-0.25, -0.2) is 0 Å². The molecule has 19 heavy (non-hydrogen) atoms. The molecule has 0 saturated heterocycles. The summed E-state index contributed by atoms with van der Waals surface area (Å²) in [5.41, 5.74) is 9.09. The smallest absolute Gasteiger partial charge is 0.0992 e. The summed E-state index contributed by atoms with van der Waals surface area (Å²) in [6, 6.07) is 15.6. The van der Waals surface area contributed by atoms with Crippen LogP contribution in [0.3, 0.4) is 0 Å². The van der Waals surface area contributed by atoms with E-state index in [2.05, 4.69) is 46.4 Å². The summed E-state index contributed by atoms with van der Waals surface area (Å²) in [6.07, 6.45) is 0. The lowest BCUT2D eigenvalue weighted by atomic mass is 10.1. The van der Waals surface area contributed by atoms with Crippen molar-refractivity contribution in [2.24, 2.45) is 0 Å². The van der Waals surface area contributed by atoms with Gasteiger partial charge in [0, 0.05) is 10.5 Å². The van der Waals surface area contributed by atoms with Crippen molar-refractivity contribution in [3.05, 3.63) is 58.1 Å². The van der Waals surface area contributed by atoms with E-state index in [9.17, 15) is 0 Å². The molecule has 0 aliphatic carbocycles. The van der Waals surface area contributed by atoms with Gasteiger partial charge in [-0.15, -0.1) is 0 Å². The number of nitrogens with two attached hydrogens (primary N) is 1. The van der Waals surface area contributed by atoms with Crippen LogP contribution in [0.4, 0.5) is 11.4 Å². The van der Waals surface area contributed by atoms with Crippen LogP contribution in [0.1, 0.15) is 24.1 Å². The molecule has 0 aliphatic heterocycles. The van der Waals surface area contributed by atoms with Gasteiger partial charge in [0.25, 0.3) is 0 Å². The monoisotopic (exact) mass is 315 g/mol. The van der Waals surface area contributed by atoms with Crippen molar-refractivity contribution in [1.29, 1.82) is 5.26 Å². The third-order valence-corrected chi connectivity index (χ3v) is 3.39. The second kappa shape index (κ2) is 5.77. The molecule has 96 valence electrons. The van der Waals surface area contributed by atoms with Gasteiger partial charge in [-0.2, -0.15) is 5.26 Å². The summed E-state index contributed by atoms with van der Waals surface area (Å²) in [5.74, 6) is 0. The zero-order chi connectivity index (χ0) is 13.8. The third kappa shape index (κ3) is 3.27. The van der Waals surface area contributed by atoms with Crippen LogP contribution in [0.15, 0.2) is 46.9 Å². The van der Waals surface area contributed by atoms with Gasteiger partial charge in [0.2, 0.25) is 0 Å². The molecule has 0 bridgehead atoms. The van der Waals surface area contributed by atoms with Crippen molar-refractivity contribution in [3.63, 3.8) is 0 Å². The van der Waals surface area contributed by atoms with Crippen LogP contribution in [0.25, 0.3) is 0 Å². The zero-order valence-corrected chi connectivity index (χ0v) is 12.1. The highest BCUT2D eigenvalue weighted by molar-refractivity contribution is 9.10. The Labute approximate surface area is 121 Å². The summed E-state index contributed by atoms with van der Waals surface area (Å²) in [5, 5.41) is 12.2. The van der Waals surface area contributed by atoms with E-state index in [4.69, 9.17) is 11.0 Å². The highest BCUT2D eigenvalue weighted by Gasteiger charge is 2.08. The molecule has 0 fully saturated rings. The fraction of sp³-hybridized carbons (Fsp3) is 0.133. The molecule has 2 rings (SSSR count). The number of nitrogens with one attached hydrogen (secondary N) is 1. The van der Waals surface area contributed by atoms with Crippen molar-refractivity contribution >= 4 is 27.3 Å². The minimum absolute atomic E-state index is 0.132. The number of rotatable bonds is 3. The lowest BCUT2D eigenvalue weighted by Crippen LogP contribution is -2.08. The first kappa shape index (κ1) is 13.4. The van der Waals surface area contributed by atoms with Gasteiger partial charge < -0.3 is 11.1 Å². The second-order valence-corrected chi connectivity index (χ2v) is 5.25. The molecule has 0 aliphatic rings. The number of benzene rings is 2. The molecule has 0 amide bonds. The maximum absolute atomic E-state index is 8.81. The van der Waals surface area contributed by atoms with Crippen molar-refractivity contribution < 1.29 is 0 Å². The molecule has 0 heterocycles. The van der Waals surface area contributed by atoms with E-state index in [1.165, 1.54) is 0 Å². The van der Waals surface area contributed by atoms with Crippen LogP contribution < -0.4 is 11.1 Å². The molecular weight excluding hydrogens is 302 g/mol. The van der Waals surface area contributed by atoms with Crippen LogP contribution in [0, 0.1) is 11.3 Å². The van der Waals surface area contributed by atoms with E-state index in [-0.39, 0.29) is 6.04 Å². The molecular formula is C15H14BrN3. The number of halogens is 1. The quantitative estimate of drug-likeness (QED) is 0.839. The first-order valence-corrected chi connectivity index (χ1v) is 6.71. The average molecular weight is 316 g/mol. The predicted molar refractivity (Wildman–Crippen MR) is 81.7 cm³/mol. The van der Waals surface area contributed by atoms with Gasteiger partial charge in [-0.3, -0.25) is 0 Å². The van der Waals surface area contributed by atoms with Gasteiger partial charge in [-0.1, -0.05) is 28.1 Å². The molecule has 0 radical (unpaired) electrons. The minimum Gasteiger partial charge on any atom is -0.397 e. The molecule has 1 atom stereocenters. The van der Waals surface area contributed by atoms with Gasteiger partial charge in [0.05, 0.1) is 23.0 Å². The summed E-state index contributed by atoms with van der Waals surface area (Å²) in [7, 11) is 0. The van der Waals surface area contributed by atoms with Crippen LogP contribution in [0.2, 0.25) is 0 Å². The Balaban J connectivity index is 2.20. The number of anilines is 2. The normalized spacial score (nSPS) is 11.6. The Hall–Kier alpha value is -1.99. The van der Waals surface area contributed by atoms with Crippen LogP contribution >= 0.6 is 15.9 Å². The number of nitrogen functional groups attached to an aromatic ring is 1. The lowest BCUT2D eigenvalue weighted by molar-refractivity contribution is 0.884. The average Bonchev–Trinajstić information content (AvgIpc) is 2.41. The van der Waals surface area contributed by atoms with Crippen molar-refractivity contribution in [1.82, 2.24) is 0 Å². The van der Waals surface area contributed by atoms with Crippen molar-refractivity contribution in [2.75, 3.05) is 11.1 Å². The summed E-state index contributed by atoms with van der Waals surface area (Å²) in [4.78, 5) is 0. The Bertz CT molecular complexity index is 632. The van der Waals surface area contributed by atoms with E-state index < -0.39 is 0 Å². The molecule has 4 heteroatoms. The molecule has 0 spiro atoms. The molecule has 3 N–H and O–H groups in total. The van der Waals surface area contributed by atoms with Crippen LogP contribution in [-0.4, -0.2) is 0 Å². The van der Waals surface area contributed by atoms with Gasteiger partial charge in [-0.05, 0) is 42.8 Å². The summed E-state index contributed by atoms with van der Waals surface area (Å²) in [6.45, 7) is 2.07. The first-order chi connectivity index (χ1) is 9.10. The number of nitriles is 1. The molecule has 2 aromatic carbocycles. The maximum Gasteiger partial charge on any atom is 0.0992 e. The topological polar surface area (TPSA) is 61.8 Å². The standard InChI is InChI=1S/C15H14BrN3/c1-10(12-3-2-4-13(16)8-12)19-15-6-5-11(9-17)7-14(15)18/h2-8,10,19H,18H2,1H3. The Kier molecular flexibility index (Phi) is 4.08. The molecule has 0 aromatic heterocycles. The molecule has 1 unspecified atom stereocenters. The zero-order valence-electron chi connectivity index (χ0n) is 10.5. The summed E-state index contributed by atoms with van der Waals surface area (Å²) < 4.78 is 1.05. The van der Waals surface area contributed by atoms with Gasteiger partial charge in [0.1, 0.15) is 0 Å². The van der Waals surface area contributed by atoms with Crippen molar-refractivity contribution in [3.8, 4) is 6.07 Å². The first-order valence-electron chi connectivity index (χ1n) is 5.92. The van der Waals surface area contributed by atoms with Crippen LogP contribution in [-0.2, 0) is 0 Å². The van der Waals surface area contributed by atoms with E-state index in [0.29, 0.717) is 11.3 Å². The SMILES string of the molecule is CC(Nc1ccc(C#N)cc1N)c1cccc(Br)c1. The maximum atomic E-state index is 8.81.